The number of pyridine rings is 1. The van der Waals surface area contributed by atoms with Gasteiger partial charge in [0, 0.05) is 54.1 Å². The zero-order valence-electron chi connectivity index (χ0n) is 16.1. The van der Waals surface area contributed by atoms with Crippen molar-refractivity contribution in [1.29, 1.82) is 0 Å². The molecule has 2 aliphatic rings. The number of hydrogen-bond donors (Lipinski definition) is 2. The maximum Gasteiger partial charge on any atom is 0.251 e. The van der Waals surface area contributed by atoms with Gasteiger partial charge in [0.1, 0.15) is 5.82 Å². The number of benzene rings is 1. The highest BCUT2D eigenvalue weighted by Crippen LogP contribution is 2.20. The number of amides is 2. The van der Waals surface area contributed by atoms with Crippen LogP contribution in [0.4, 0.5) is 11.5 Å². The van der Waals surface area contributed by atoms with E-state index in [0.29, 0.717) is 23.8 Å². The van der Waals surface area contributed by atoms with Crippen LogP contribution in [0.1, 0.15) is 23.2 Å². The summed E-state index contributed by atoms with van der Waals surface area (Å²) in [5.74, 6) is 0.805. The lowest BCUT2D eigenvalue weighted by Crippen LogP contribution is -2.48. The lowest BCUT2D eigenvalue weighted by atomic mass is 10.2. The summed E-state index contributed by atoms with van der Waals surface area (Å²) < 4.78 is 0.964. The van der Waals surface area contributed by atoms with Crippen LogP contribution in [0.5, 0.6) is 0 Å². The van der Waals surface area contributed by atoms with Gasteiger partial charge in [0.2, 0.25) is 5.91 Å². The monoisotopic (exact) mass is 457 g/mol. The summed E-state index contributed by atoms with van der Waals surface area (Å²) in [6.45, 7) is 3.60. The van der Waals surface area contributed by atoms with Gasteiger partial charge in [-0.15, -0.1) is 0 Å². The molecular weight excluding hydrogens is 434 g/mol. The fraction of sp³-hybridized carbons (Fsp3) is 0.381. The van der Waals surface area contributed by atoms with Gasteiger partial charge < -0.3 is 15.5 Å². The average Bonchev–Trinajstić information content (AvgIpc) is 3.53. The molecule has 1 aromatic carbocycles. The molecule has 0 atom stereocenters. The molecule has 1 aliphatic heterocycles. The number of aromatic nitrogens is 1. The van der Waals surface area contributed by atoms with Crippen LogP contribution in [0.25, 0.3) is 0 Å². The van der Waals surface area contributed by atoms with Gasteiger partial charge in [-0.2, -0.15) is 0 Å². The normalized spacial score (nSPS) is 17.1. The van der Waals surface area contributed by atoms with E-state index in [4.69, 9.17) is 0 Å². The first-order valence-electron chi connectivity index (χ1n) is 9.86. The minimum Gasteiger partial charge on any atom is -0.354 e. The summed E-state index contributed by atoms with van der Waals surface area (Å²) in [6.07, 6.45) is 3.90. The maximum absolute atomic E-state index is 12.5. The molecule has 2 heterocycles. The number of anilines is 2. The van der Waals surface area contributed by atoms with Crippen LogP contribution >= 0.6 is 15.9 Å². The Bertz CT molecular complexity index is 877. The van der Waals surface area contributed by atoms with Gasteiger partial charge in [0.05, 0.1) is 6.54 Å². The van der Waals surface area contributed by atoms with Crippen molar-refractivity contribution in [1.82, 2.24) is 15.2 Å². The summed E-state index contributed by atoms with van der Waals surface area (Å²) in [6, 6.07) is 11.4. The number of nitrogens with zero attached hydrogens (tertiary/aromatic N) is 3. The van der Waals surface area contributed by atoms with Crippen molar-refractivity contribution in [2.75, 3.05) is 42.9 Å². The standard InChI is InChI=1S/C21H24BrN5O2/c22-16-4-7-19(23-13-16)27-10-8-26(9-11-27)14-20(28)24-18-3-1-2-15(12-18)21(29)25-17-5-6-17/h1-4,7,12-13,17H,5-6,8-11,14H2,(H,24,28)(H,25,29). The Balaban J connectivity index is 1.26. The van der Waals surface area contributed by atoms with E-state index in [-0.39, 0.29) is 11.8 Å². The molecule has 152 valence electrons. The topological polar surface area (TPSA) is 77.6 Å². The molecule has 2 aromatic rings. The summed E-state index contributed by atoms with van der Waals surface area (Å²) >= 11 is 3.40. The van der Waals surface area contributed by atoms with E-state index in [1.807, 2.05) is 18.2 Å². The zero-order valence-corrected chi connectivity index (χ0v) is 17.7. The third kappa shape index (κ3) is 5.55. The van der Waals surface area contributed by atoms with Crippen LogP contribution in [0.2, 0.25) is 0 Å². The molecule has 0 bridgehead atoms. The molecule has 2 amide bonds. The fourth-order valence-corrected chi connectivity index (χ4v) is 3.56. The molecular formula is C21H24BrN5O2. The molecule has 2 fully saturated rings. The van der Waals surface area contributed by atoms with Gasteiger partial charge in [-0.05, 0) is 59.1 Å². The van der Waals surface area contributed by atoms with E-state index in [1.54, 1.807) is 24.4 Å². The molecule has 1 saturated heterocycles. The predicted octanol–water partition coefficient (Wildman–Crippen LogP) is 2.50. The van der Waals surface area contributed by atoms with E-state index in [9.17, 15) is 9.59 Å². The van der Waals surface area contributed by atoms with Crippen LogP contribution < -0.4 is 15.5 Å². The molecule has 1 aliphatic carbocycles. The van der Waals surface area contributed by atoms with Crippen molar-refractivity contribution >= 4 is 39.2 Å². The number of carbonyl (C=O) groups excluding carboxylic acids is 2. The number of nitrogens with one attached hydrogen (secondary N) is 2. The Labute approximate surface area is 178 Å². The van der Waals surface area contributed by atoms with Crippen molar-refractivity contribution < 1.29 is 9.59 Å². The van der Waals surface area contributed by atoms with Gasteiger partial charge in [-0.1, -0.05) is 6.07 Å². The van der Waals surface area contributed by atoms with Gasteiger partial charge in [-0.25, -0.2) is 4.98 Å². The maximum atomic E-state index is 12.5. The molecule has 7 nitrogen and oxygen atoms in total. The highest BCUT2D eigenvalue weighted by atomic mass is 79.9. The molecule has 0 unspecified atom stereocenters. The summed E-state index contributed by atoms with van der Waals surface area (Å²) in [5.41, 5.74) is 1.22. The Kier molecular flexibility index (Phi) is 6.10. The van der Waals surface area contributed by atoms with Crippen molar-refractivity contribution in [3.8, 4) is 0 Å². The minimum absolute atomic E-state index is 0.0695. The lowest BCUT2D eigenvalue weighted by Gasteiger charge is -2.35. The van der Waals surface area contributed by atoms with E-state index < -0.39 is 0 Å². The molecule has 1 saturated carbocycles. The Hall–Kier alpha value is -2.45. The molecule has 2 N–H and O–H groups in total. The van der Waals surface area contributed by atoms with Crippen LogP contribution in [-0.4, -0.2) is 60.5 Å². The zero-order chi connectivity index (χ0) is 20.2. The molecule has 0 spiro atoms. The largest absolute Gasteiger partial charge is 0.354 e. The molecule has 8 heteroatoms. The second-order valence-electron chi connectivity index (χ2n) is 7.47. The van der Waals surface area contributed by atoms with Gasteiger partial charge >= 0.3 is 0 Å². The van der Waals surface area contributed by atoms with Crippen molar-refractivity contribution in [2.45, 2.75) is 18.9 Å². The van der Waals surface area contributed by atoms with Crippen LogP contribution in [0.3, 0.4) is 0 Å². The first-order valence-corrected chi connectivity index (χ1v) is 10.7. The van der Waals surface area contributed by atoms with E-state index >= 15 is 0 Å². The Morgan fingerprint density at radius 1 is 1.10 bits per heavy atom. The Morgan fingerprint density at radius 2 is 1.90 bits per heavy atom. The lowest BCUT2D eigenvalue weighted by molar-refractivity contribution is -0.117. The van der Waals surface area contributed by atoms with Crippen molar-refractivity contribution in [2.24, 2.45) is 0 Å². The third-order valence-electron chi connectivity index (χ3n) is 5.10. The van der Waals surface area contributed by atoms with Crippen LogP contribution in [0.15, 0.2) is 47.1 Å². The summed E-state index contributed by atoms with van der Waals surface area (Å²) in [7, 11) is 0. The van der Waals surface area contributed by atoms with Crippen molar-refractivity contribution in [3.05, 3.63) is 52.6 Å². The van der Waals surface area contributed by atoms with E-state index in [2.05, 4.69) is 41.3 Å². The molecule has 0 radical (unpaired) electrons. The molecule has 4 rings (SSSR count). The Morgan fingerprint density at radius 3 is 2.59 bits per heavy atom. The molecule has 29 heavy (non-hydrogen) atoms. The molecule has 1 aromatic heterocycles. The summed E-state index contributed by atoms with van der Waals surface area (Å²) in [4.78, 5) is 33.4. The van der Waals surface area contributed by atoms with Crippen LogP contribution in [-0.2, 0) is 4.79 Å². The first kappa shape index (κ1) is 19.8. The third-order valence-corrected chi connectivity index (χ3v) is 5.57. The average molecular weight is 458 g/mol. The van der Waals surface area contributed by atoms with Gasteiger partial charge in [0.25, 0.3) is 5.91 Å². The van der Waals surface area contributed by atoms with E-state index in [0.717, 1.165) is 49.3 Å². The number of carbonyl (C=O) groups is 2. The fourth-order valence-electron chi connectivity index (χ4n) is 3.33. The van der Waals surface area contributed by atoms with E-state index in [1.165, 1.54) is 0 Å². The first-order chi connectivity index (χ1) is 14.1. The number of halogens is 1. The SMILES string of the molecule is O=C(CN1CCN(c2ccc(Br)cn2)CC1)Nc1cccc(C(=O)NC2CC2)c1. The smallest absolute Gasteiger partial charge is 0.251 e. The quantitative estimate of drug-likeness (QED) is 0.696. The minimum atomic E-state index is -0.0822. The number of rotatable bonds is 6. The highest BCUT2D eigenvalue weighted by molar-refractivity contribution is 9.10. The van der Waals surface area contributed by atoms with Gasteiger partial charge in [0.15, 0.2) is 0 Å². The van der Waals surface area contributed by atoms with Gasteiger partial charge in [-0.3, -0.25) is 14.5 Å². The van der Waals surface area contributed by atoms with Crippen LogP contribution in [0, 0.1) is 0 Å². The summed E-state index contributed by atoms with van der Waals surface area (Å²) in [5, 5.41) is 5.88. The highest BCUT2D eigenvalue weighted by Gasteiger charge is 2.24. The van der Waals surface area contributed by atoms with Crippen molar-refractivity contribution in [3.63, 3.8) is 0 Å². The number of hydrogen-bond acceptors (Lipinski definition) is 5. The second-order valence-corrected chi connectivity index (χ2v) is 8.39. The number of piperazine rings is 1. The second kappa shape index (κ2) is 8.92. The predicted molar refractivity (Wildman–Crippen MR) is 116 cm³/mol.